The first kappa shape index (κ1) is 15.4. The lowest BCUT2D eigenvalue weighted by Crippen LogP contribution is -2.00. The molecule has 2 rings (SSSR count). The van der Waals surface area contributed by atoms with E-state index in [1.165, 1.54) is 0 Å². The highest BCUT2D eigenvalue weighted by molar-refractivity contribution is 9.11. The summed E-state index contributed by atoms with van der Waals surface area (Å²) in [6.45, 7) is 0.599. The van der Waals surface area contributed by atoms with Gasteiger partial charge in [-0.2, -0.15) is 5.26 Å². The molecule has 0 bridgehead atoms. The second-order valence-electron chi connectivity index (χ2n) is 4.07. The minimum atomic E-state index is 0.188. The lowest BCUT2D eigenvalue weighted by atomic mass is 10.2. The maximum atomic E-state index is 9.67. The molecule has 0 amide bonds. The molecule has 0 spiro atoms. The number of hydrogen-bond acceptors (Lipinski definition) is 3. The largest absolute Gasteiger partial charge is 0.506 e. The number of hydrogen-bond donors (Lipinski definition) is 2. The molecule has 0 saturated carbocycles. The summed E-state index contributed by atoms with van der Waals surface area (Å²) in [5, 5.41) is 21.8. The number of aromatic hydroxyl groups is 1. The number of nitrogens with zero attached hydrogens (tertiary/aromatic N) is 1. The highest BCUT2D eigenvalue weighted by Crippen LogP contribution is 2.33. The molecule has 0 aliphatic rings. The van der Waals surface area contributed by atoms with Crippen LogP contribution in [0.1, 0.15) is 11.1 Å². The monoisotopic (exact) mass is 458 g/mol. The normalized spacial score (nSPS) is 10.1. The molecule has 0 aliphatic carbocycles. The number of phenols is 1. The smallest absolute Gasteiger partial charge is 0.143 e. The van der Waals surface area contributed by atoms with Gasteiger partial charge in [-0.15, -0.1) is 0 Å². The Morgan fingerprint density at radius 3 is 2.25 bits per heavy atom. The van der Waals surface area contributed by atoms with E-state index in [1.807, 2.05) is 18.2 Å². The van der Waals surface area contributed by atoms with Gasteiger partial charge in [0, 0.05) is 16.7 Å². The fourth-order valence-electron chi connectivity index (χ4n) is 1.65. The van der Waals surface area contributed by atoms with Crippen molar-refractivity contribution in [3.63, 3.8) is 0 Å². The Morgan fingerprint density at radius 1 is 1.05 bits per heavy atom. The zero-order valence-corrected chi connectivity index (χ0v) is 14.9. The third-order valence-corrected chi connectivity index (χ3v) is 4.52. The van der Waals surface area contributed by atoms with E-state index in [1.54, 1.807) is 12.1 Å². The molecule has 0 aliphatic heterocycles. The minimum Gasteiger partial charge on any atom is -0.506 e. The fraction of sp³-hybridized carbons (Fsp3) is 0.0714. The van der Waals surface area contributed by atoms with E-state index in [4.69, 9.17) is 5.26 Å². The third-order valence-electron chi connectivity index (χ3n) is 2.66. The molecule has 102 valence electrons. The van der Waals surface area contributed by atoms with Gasteiger partial charge < -0.3 is 10.4 Å². The molecule has 6 heteroatoms. The molecule has 0 atom stereocenters. The topological polar surface area (TPSA) is 56.0 Å². The maximum Gasteiger partial charge on any atom is 0.143 e. The van der Waals surface area contributed by atoms with Crippen molar-refractivity contribution in [3.05, 3.63) is 54.9 Å². The summed E-state index contributed by atoms with van der Waals surface area (Å²) >= 11 is 10.0. The quantitative estimate of drug-likeness (QED) is 0.665. The number of rotatable bonds is 3. The van der Waals surface area contributed by atoms with Gasteiger partial charge in [-0.1, -0.05) is 0 Å². The van der Waals surface area contributed by atoms with Crippen LogP contribution in [0.15, 0.2) is 43.7 Å². The van der Waals surface area contributed by atoms with Crippen LogP contribution in [-0.4, -0.2) is 5.11 Å². The van der Waals surface area contributed by atoms with Crippen LogP contribution in [0.3, 0.4) is 0 Å². The first-order valence-corrected chi connectivity index (χ1v) is 7.99. The zero-order chi connectivity index (χ0) is 14.7. The average Bonchev–Trinajstić information content (AvgIpc) is 2.43. The van der Waals surface area contributed by atoms with Gasteiger partial charge in [-0.25, -0.2) is 0 Å². The summed E-state index contributed by atoms with van der Waals surface area (Å²) < 4.78 is 2.12. The Balaban J connectivity index is 2.15. The van der Waals surface area contributed by atoms with E-state index < -0.39 is 0 Å². The van der Waals surface area contributed by atoms with Crippen molar-refractivity contribution in [2.75, 3.05) is 5.32 Å². The zero-order valence-electron chi connectivity index (χ0n) is 10.1. The third kappa shape index (κ3) is 3.54. The number of halogens is 3. The van der Waals surface area contributed by atoms with Gasteiger partial charge in [-0.05, 0) is 83.7 Å². The van der Waals surface area contributed by atoms with Crippen LogP contribution in [0.4, 0.5) is 5.69 Å². The molecule has 2 N–H and O–H groups in total. The first-order chi connectivity index (χ1) is 9.51. The fourth-order valence-corrected chi connectivity index (χ4v) is 3.45. The predicted molar refractivity (Wildman–Crippen MR) is 89.7 cm³/mol. The van der Waals surface area contributed by atoms with E-state index >= 15 is 0 Å². The molecule has 0 fully saturated rings. The summed E-state index contributed by atoms with van der Waals surface area (Å²) in [6, 6.07) is 11.2. The van der Waals surface area contributed by atoms with E-state index in [0.717, 1.165) is 15.7 Å². The summed E-state index contributed by atoms with van der Waals surface area (Å²) in [4.78, 5) is 0. The van der Waals surface area contributed by atoms with Crippen LogP contribution >= 0.6 is 47.8 Å². The number of phenolic OH excluding ortho intramolecular Hbond substituents is 1. The lowest BCUT2D eigenvalue weighted by Gasteiger charge is -2.10. The second-order valence-corrected chi connectivity index (χ2v) is 6.63. The SMILES string of the molecule is N#Cc1ccc(NCc2cc(Br)c(O)c(Br)c2)c(Br)c1. The van der Waals surface area contributed by atoms with Crippen molar-refractivity contribution >= 4 is 53.5 Å². The molecule has 0 saturated heterocycles. The van der Waals surface area contributed by atoms with E-state index in [-0.39, 0.29) is 5.75 Å². The van der Waals surface area contributed by atoms with Gasteiger partial charge in [0.2, 0.25) is 0 Å². The van der Waals surface area contributed by atoms with Crippen molar-refractivity contribution in [2.45, 2.75) is 6.54 Å². The van der Waals surface area contributed by atoms with Gasteiger partial charge in [0.05, 0.1) is 20.6 Å². The average molecular weight is 461 g/mol. The Morgan fingerprint density at radius 2 is 1.70 bits per heavy atom. The molecule has 2 aromatic rings. The van der Waals surface area contributed by atoms with E-state index in [9.17, 15) is 5.11 Å². The molecule has 0 heterocycles. The highest BCUT2D eigenvalue weighted by Gasteiger charge is 2.07. The predicted octanol–water partition coefficient (Wildman–Crippen LogP) is 5.16. The van der Waals surface area contributed by atoms with Crippen LogP contribution in [0.25, 0.3) is 0 Å². The van der Waals surface area contributed by atoms with Gasteiger partial charge in [-0.3, -0.25) is 0 Å². The summed E-state index contributed by atoms with van der Waals surface area (Å²) in [7, 11) is 0. The number of anilines is 1. The molecule has 0 radical (unpaired) electrons. The van der Waals surface area contributed by atoms with E-state index in [2.05, 4.69) is 59.2 Å². The Bertz CT molecular complexity index is 672. The van der Waals surface area contributed by atoms with Crippen LogP contribution in [-0.2, 0) is 6.54 Å². The standard InChI is InChI=1S/C14H9Br3N2O/c15-10-3-8(6-18)1-2-13(10)19-7-9-4-11(16)14(20)12(17)5-9/h1-5,19-20H,7H2. The Hall–Kier alpha value is -1.03. The summed E-state index contributed by atoms with van der Waals surface area (Å²) in [5.41, 5.74) is 2.53. The molecule has 2 aromatic carbocycles. The molecule has 0 aromatic heterocycles. The number of benzene rings is 2. The lowest BCUT2D eigenvalue weighted by molar-refractivity contribution is 0.468. The van der Waals surface area contributed by atoms with Crippen LogP contribution < -0.4 is 5.32 Å². The molecule has 20 heavy (non-hydrogen) atoms. The van der Waals surface area contributed by atoms with Gasteiger partial charge in [0.15, 0.2) is 0 Å². The van der Waals surface area contributed by atoms with Crippen molar-refractivity contribution < 1.29 is 5.11 Å². The van der Waals surface area contributed by atoms with Crippen molar-refractivity contribution in [3.8, 4) is 11.8 Å². The molecule has 0 unspecified atom stereocenters. The van der Waals surface area contributed by atoms with E-state index in [0.29, 0.717) is 21.1 Å². The van der Waals surface area contributed by atoms with Crippen LogP contribution in [0.2, 0.25) is 0 Å². The van der Waals surface area contributed by atoms with Crippen molar-refractivity contribution in [2.24, 2.45) is 0 Å². The number of nitriles is 1. The molecule has 3 nitrogen and oxygen atoms in total. The minimum absolute atomic E-state index is 0.188. The molecular formula is C14H9Br3N2O. The van der Waals surface area contributed by atoms with Gasteiger partial charge in [0.1, 0.15) is 5.75 Å². The highest BCUT2D eigenvalue weighted by atomic mass is 79.9. The van der Waals surface area contributed by atoms with Crippen molar-refractivity contribution in [1.82, 2.24) is 0 Å². The second kappa shape index (κ2) is 6.61. The Kier molecular flexibility index (Phi) is 5.08. The first-order valence-electron chi connectivity index (χ1n) is 5.61. The summed E-state index contributed by atoms with van der Waals surface area (Å²) in [5.74, 6) is 0.188. The van der Waals surface area contributed by atoms with Crippen molar-refractivity contribution in [1.29, 1.82) is 5.26 Å². The number of nitrogens with one attached hydrogen (secondary N) is 1. The molecular weight excluding hydrogens is 452 g/mol. The van der Waals surface area contributed by atoms with Crippen LogP contribution in [0.5, 0.6) is 5.75 Å². The summed E-state index contributed by atoms with van der Waals surface area (Å²) in [6.07, 6.45) is 0. The van der Waals surface area contributed by atoms with Crippen LogP contribution in [0, 0.1) is 11.3 Å². The Labute approximate surface area is 142 Å². The van der Waals surface area contributed by atoms with Gasteiger partial charge in [0.25, 0.3) is 0 Å². The maximum absolute atomic E-state index is 9.67. The van der Waals surface area contributed by atoms with Gasteiger partial charge >= 0.3 is 0 Å².